The third-order valence-corrected chi connectivity index (χ3v) is 1.40. The average Bonchev–Trinajstić information content (AvgIpc) is 1.68. The normalized spacial score (nSPS) is 12.7. The third kappa shape index (κ3) is 3.75. The minimum atomic E-state index is 0.577. The number of hydrogen-bond acceptors (Lipinski definition) is 1. The summed E-state index contributed by atoms with van der Waals surface area (Å²) in [7, 11) is 0. The van der Waals surface area contributed by atoms with Crippen molar-refractivity contribution in [3.05, 3.63) is 0 Å². The summed E-state index contributed by atoms with van der Waals surface area (Å²) in [6.45, 7) is 2.09. The summed E-state index contributed by atoms with van der Waals surface area (Å²) >= 11 is 4.05. The van der Waals surface area contributed by atoms with E-state index in [-0.39, 0.29) is 0 Å². The predicted octanol–water partition coefficient (Wildman–Crippen LogP) is 1.58. The van der Waals surface area contributed by atoms with E-state index in [1.54, 1.807) is 0 Å². The van der Waals surface area contributed by atoms with E-state index in [0.717, 1.165) is 12.2 Å². The molecule has 0 radical (unpaired) electrons. The molecule has 0 amide bonds. The van der Waals surface area contributed by atoms with Crippen LogP contribution >= 0.6 is 12.6 Å². The molecule has 0 saturated heterocycles. The van der Waals surface area contributed by atoms with Gasteiger partial charge in [-0.15, -0.1) is 12.3 Å². The first-order valence-electron chi connectivity index (χ1n) is 2.35. The largest absolute Gasteiger partial charge is 0.179 e. The second-order valence-corrected chi connectivity index (χ2v) is 2.06. The lowest BCUT2D eigenvalue weighted by atomic mass is 10.1. The van der Waals surface area contributed by atoms with E-state index in [1.807, 2.05) is 0 Å². The molecule has 0 aromatic heterocycles. The van der Waals surface area contributed by atoms with Crippen LogP contribution in [0.15, 0.2) is 0 Å². The van der Waals surface area contributed by atoms with Crippen molar-refractivity contribution in [3.63, 3.8) is 0 Å². The van der Waals surface area contributed by atoms with Gasteiger partial charge in [-0.3, -0.25) is 0 Å². The summed E-state index contributed by atoms with van der Waals surface area (Å²) in [5, 5.41) is 0. The van der Waals surface area contributed by atoms with E-state index in [9.17, 15) is 0 Å². The van der Waals surface area contributed by atoms with Crippen LogP contribution in [-0.4, -0.2) is 5.75 Å². The van der Waals surface area contributed by atoms with Gasteiger partial charge in [0.15, 0.2) is 0 Å². The summed E-state index contributed by atoms with van der Waals surface area (Å²) in [5.74, 6) is 4.04. The SMILES string of the molecule is C#CCC(C)CS. The first-order chi connectivity index (χ1) is 3.31. The zero-order chi connectivity index (χ0) is 5.70. The van der Waals surface area contributed by atoms with Crippen molar-refractivity contribution in [2.75, 3.05) is 5.75 Å². The Hall–Kier alpha value is -0.0900. The van der Waals surface area contributed by atoms with Gasteiger partial charge in [-0.2, -0.15) is 12.6 Å². The average molecular weight is 114 g/mol. The highest BCUT2D eigenvalue weighted by atomic mass is 32.1. The smallest absolute Gasteiger partial charge is 0.0120 e. The molecule has 0 rings (SSSR count). The molecule has 0 fully saturated rings. The predicted molar refractivity (Wildman–Crippen MR) is 36.5 cm³/mol. The lowest BCUT2D eigenvalue weighted by Crippen LogP contribution is -1.91. The van der Waals surface area contributed by atoms with Gasteiger partial charge in [-0.1, -0.05) is 6.92 Å². The summed E-state index contributed by atoms with van der Waals surface area (Å²) in [4.78, 5) is 0. The van der Waals surface area contributed by atoms with Crippen LogP contribution in [0.1, 0.15) is 13.3 Å². The van der Waals surface area contributed by atoms with Crippen LogP contribution in [0, 0.1) is 18.3 Å². The van der Waals surface area contributed by atoms with Crippen molar-refractivity contribution >= 4 is 12.6 Å². The van der Waals surface area contributed by atoms with Crippen LogP contribution in [0.4, 0.5) is 0 Å². The van der Waals surface area contributed by atoms with Crippen molar-refractivity contribution in [1.82, 2.24) is 0 Å². The lowest BCUT2D eigenvalue weighted by Gasteiger charge is -1.97. The van der Waals surface area contributed by atoms with Gasteiger partial charge in [-0.05, 0) is 11.7 Å². The van der Waals surface area contributed by atoms with Crippen molar-refractivity contribution < 1.29 is 0 Å². The topological polar surface area (TPSA) is 0 Å². The van der Waals surface area contributed by atoms with E-state index in [1.165, 1.54) is 0 Å². The molecule has 0 saturated carbocycles. The minimum absolute atomic E-state index is 0.577. The zero-order valence-electron chi connectivity index (χ0n) is 4.52. The molecule has 0 N–H and O–H groups in total. The quantitative estimate of drug-likeness (QED) is 0.409. The Bertz CT molecular complexity index is 70.7. The fourth-order valence-corrected chi connectivity index (χ4v) is 0.395. The fraction of sp³-hybridized carbons (Fsp3) is 0.667. The van der Waals surface area contributed by atoms with E-state index in [0.29, 0.717) is 5.92 Å². The van der Waals surface area contributed by atoms with E-state index >= 15 is 0 Å². The Balaban J connectivity index is 3.03. The first-order valence-corrected chi connectivity index (χ1v) is 2.98. The van der Waals surface area contributed by atoms with Gasteiger partial charge in [0, 0.05) is 6.42 Å². The van der Waals surface area contributed by atoms with Crippen LogP contribution < -0.4 is 0 Å². The van der Waals surface area contributed by atoms with Crippen LogP contribution in [-0.2, 0) is 0 Å². The van der Waals surface area contributed by atoms with E-state index in [2.05, 4.69) is 25.5 Å². The molecular weight excluding hydrogens is 104 g/mol. The fourth-order valence-electron chi connectivity index (χ4n) is 0.266. The molecule has 0 nitrogen and oxygen atoms in total. The van der Waals surface area contributed by atoms with Gasteiger partial charge in [0.25, 0.3) is 0 Å². The van der Waals surface area contributed by atoms with E-state index < -0.39 is 0 Å². The molecule has 7 heavy (non-hydrogen) atoms. The summed E-state index contributed by atoms with van der Waals surface area (Å²) < 4.78 is 0. The highest BCUT2D eigenvalue weighted by Crippen LogP contribution is 2.00. The molecule has 0 aliphatic rings. The molecular formula is C6H10S. The molecule has 0 heterocycles. The number of hydrogen-bond donors (Lipinski definition) is 1. The Morgan fingerprint density at radius 3 is 2.57 bits per heavy atom. The molecule has 0 aliphatic heterocycles. The van der Waals surface area contributed by atoms with Gasteiger partial charge in [0.05, 0.1) is 0 Å². The van der Waals surface area contributed by atoms with Crippen LogP contribution in [0.3, 0.4) is 0 Å². The first kappa shape index (κ1) is 6.91. The molecule has 0 bridgehead atoms. The van der Waals surface area contributed by atoms with Crippen LogP contribution in [0.5, 0.6) is 0 Å². The van der Waals surface area contributed by atoms with Crippen LogP contribution in [0.25, 0.3) is 0 Å². The maximum absolute atomic E-state index is 5.02. The van der Waals surface area contributed by atoms with Gasteiger partial charge >= 0.3 is 0 Å². The summed E-state index contributed by atoms with van der Waals surface area (Å²) in [5.41, 5.74) is 0. The van der Waals surface area contributed by atoms with Crippen molar-refractivity contribution in [2.45, 2.75) is 13.3 Å². The Morgan fingerprint density at radius 1 is 1.86 bits per heavy atom. The molecule has 1 atom stereocenters. The summed E-state index contributed by atoms with van der Waals surface area (Å²) in [6.07, 6.45) is 5.87. The second-order valence-electron chi connectivity index (χ2n) is 1.70. The molecule has 0 aromatic carbocycles. The number of terminal acetylenes is 1. The van der Waals surface area contributed by atoms with Crippen LogP contribution in [0.2, 0.25) is 0 Å². The monoisotopic (exact) mass is 114 g/mol. The standard InChI is InChI=1S/C6H10S/c1-3-4-6(2)5-7/h1,6-7H,4-5H2,2H3. The third-order valence-electron chi connectivity index (χ3n) is 0.778. The van der Waals surface area contributed by atoms with Crippen molar-refractivity contribution in [3.8, 4) is 12.3 Å². The second kappa shape index (κ2) is 4.08. The van der Waals surface area contributed by atoms with Gasteiger partial charge < -0.3 is 0 Å². The van der Waals surface area contributed by atoms with Crippen molar-refractivity contribution in [2.24, 2.45) is 5.92 Å². The highest BCUT2D eigenvalue weighted by Gasteiger charge is 1.91. The molecule has 1 heteroatoms. The Kier molecular flexibility index (Phi) is 4.03. The maximum atomic E-state index is 5.02. The highest BCUT2D eigenvalue weighted by molar-refractivity contribution is 7.80. The molecule has 0 aliphatic carbocycles. The molecule has 0 spiro atoms. The van der Waals surface area contributed by atoms with E-state index in [4.69, 9.17) is 6.42 Å². The molecule has 0 aromatic rings. The van der Waals surface area contributed by atoms with Gasteiger partial charge in [0.1, 0.15) is 0 Å². The van der Waals surface area contributed by atoms with Gasteiger partial charge in [0.2, 0.25) is 0 Å². The van der Waals surface area contributed by atoms with Gasteiger partial charge in [-0.25, -0.2) is 0 Å². The summed E-state index contributed by atoms with van der Waals surface area (Å²) in [6, 6.07) is 0. The molecule has 1 unspecified atom stereocenters. The van der Waals surface area contributed by atoms with Crippen molar-refractivity contribution in [1.29, 1.82) is 0 Å². The maximum Gasteiger partial charge on any atom is 0.0120 e. The Morgan fingerprint density at radius 2 is 2.43 bits per heavy atom. The number of rotatable bonds is 2. The zero-order valence-corrected chi connectivity index (χ0v) is 5.41. The number of thiol groups is 1. The molecule has 40 valence electrons. The minimum Gasteiger partial charge on any atom is -0.179 e. The lowest BCUT2D eigenvalue weighted by molar-refractivity contribution is 0.690. The Labute approximate surface area is 50.7 Å².